The minimum atomic E-state index is -0.951. The number of aromatic carboxylic acids is 1. The molecule has 0 amide bonds. The van der Waals surface area contributed by atoms with Gasteiger partial charge in [0.2, 0.25) is 0 Å². The number of nitrogens with zero attached hydrogens (tertiary/aromatic N) is 2. The van der Waals surface area contributed by atoms with Crippen LogP contribution in [0, 0.1) is 0 Å². The van der Waals surface area contributed by atoms with Crippen LogP contribution >= 0.6 is 0 Å². The number of benzene rings is 2. The second-order valence-electron chi connectivity index (χ2n) is 5.10. The number of carbonyl (C=O) groups is 2. The van der Waals surface area contributed by atoms with Crippen LogP contribution in [0.4, 0.5) is 0 Å². The Bertz CT molecular complexity index is 836. The average molecular weight is 306 g/mol. The molecule has 1 heterocycles. The number of carbonyl (C=O) groups excluding carboxylic acids is 1. The summed E-state index contributed by atoms with van der Waals surface area (Å²) < 4.78 is 1.88. The van der Waals surface area contributed by atoms with Crippen molar-refractivity contribution in [3.8, 4) is 11.4 Å². The van der Waals surface area contributed by atoms with Crippen LogP contribution in [0.3, 0.4) is 0 Å². The van der Waals surface area contributed by atoms with Crippen molar-refractivity contribution in [1.82, 2.24) is 9.55 Å². The van der Waals surface area contributed by atoms with Crippen molar-refractivity contribution < 1.29 is 14.7 Å². The lowest BCUT2D eigenvalue weighted by atomic mass is 10.1. The molecule has 0 fully saturated rings. The van der Waals surface area contributed by atoms with Gasteiger partial charge in [-0.3, -0.25) is 4.79 Å². The summed E-state index contributed by atoms with van der Waals surface area (Å²) in [7, 11) is 0. The second kappa shape index (κ2) is 6.27. The summed E-state index contributed by atoms with van der Waals surface area (Å²) in [5.41, 5.74) is 2.46. The molecule has 2 aromatic carbocycles. The molecule has 114 valence electrons. The summed E-state index contributed by atoms with van der Waals surface area (Å²) in [6, 6.07) is 16.3. The van der Waals surface area contributed by atoms with E-state index in [9.17, 15) is 9.59 Å². The van der Waals surface area contributed by atoms with E-state index in [1.807, 2.05) is 34.9 Å². The Hall–Kier alpha value is -3.21. The minimum Gasteiger partial charge on any atom is -0.478 e. The Morgan fingerprint density at radius 1 is 1.09 bits per heavy atom. The Kier molecular flexibility index (Phi) is 4.01. The van der Waals surface area contributed by atoms with E-state index in [1.165, 1.54) is 0 Å². The van der Waals surface area contributed by atoms with Crippen molar-refractivity contribution in [3.63, 3.8) is 0 Å². The molecule has 0 saturated heterocycles. The number of hydrogen-bond acceptors (Lipinski definition) is 3. The fourth-order valence-electron chi connectivity index (χ4n) is 2.38. The summed E-state index contributed by atoms with van der Waals surface area (Å²) in [5.74, 6) is -0.248. The number of carboxylic acids is 1. The molecule has 0 atom stereocenters. The summed E-state index contributed by atoms with van der Waals surface area (Å²) in [4.78, 5) is 26.3. The van der Waals surface area contributed by atoms with E-state index in [0.29, 0.717) is 18.1 Å². The normalized spacial score (nSPS) is 10.4. The molecule has 1 aromatic heterocycles. The van der Waals surface area contributed by atoms with Gasteiger partial charge in [-0.25, -0.2) is 9.78 Å². The van der Waals surface area contributed by atoms with Crippen molar-refractivity contribution in [3.05, 3.63) is 77.6 Å². The molecule has 1 N–H and O–H groups in total. The van der Waals surface area contributed by atoms with Gasteiger partial charge in [0, 0.05) is 18.3 Å². The summed E-state index contributed by atoms with van der Waals surface area (Å²) >= 11 is 0. The molecule has 5 nitrogen and oxygen atoms in total. The third-order valence-electron chi connectivity index (χ3n) is 3.50. The van der Waals surface area contributed by atoms with Crippen LogP contribution < -0.4 is 0 Å². The molecule has 23 heavy (non-hydrogen) atoms. The fraction of sp³-hybridized carbons (Fsp3) is 0.0556. The number of rotatable bonds is 5. The van der Waals surface area contributed by atoms with Gasteiger partial charge in [0.15, 0.2) is 6.29 Å². The van der Waals surface area contributed by atoms with Crippen molar-refractivity contribution >= 4 is 12.3 Å². The molecular weight excluding hydrogens is 292 g/mol. The lowest BCUT2D eigenvalue weighted by Crippen LogP contribution is -2.02. The lowest BCUT2D eigenvalue weighted by molar-refractivity contribution is 0.0696. The van der Waals surface area contributed by atoms with Crippen LogP contribution in [0.5, 0.6) is 0 Å². The maximum Gasteiger partial charge on any atom is 0.335 e. The zero-order chi connectivity index (χ0) is 16.2. The molecule has 0 spiro atoms. The molecule has 0 unspecified atom stereocenters. The van der Waals surface area contributed by atoms with Crippen molar-refractivity contribution in [2.45, 2.75) is 6.54 Å². The van der Waals surface area contributed by atoms with Gasteiger partial charge in [-0.05, 0) is 17.7 Å². The Morgan fingerprint density at radius 2 is 1.78 bits per heavy atom. The van der Waals surface area contributed by atoms with E-state index in [4.69, 9.17) is 5.11 Å². The Morgan fingerprint density at radius 3 is 2.39 bits per heavy atom. The third-order valence-corrected chi connectivity index (χ3v) is 3.50. The molecule has 0 aliphatic rings. The van der Waals surface area contributed by atoms with Gasteiger partial charge >= 0.3 is 5.97 Å². The highest BCUT2D eigenvalue weighted by Gasteiger charge is 2.10. The standard InChI is InChI=1S/C18H14N2O3/c21-12-16-11-20(17(19-16)14-4-2-1-3-5-14)10-13-6-8-15(9-7-13)18(22)23/h1-9,11-12H,10H2,(H,22,23). The van der Waals surface area contributed by atoms with Gasteiger partial charge in [-0.1, -0.05) is 42.5 Å². The van der Waals surface area contributed by atoms with E-state index in [2.05, 4.69) is 4.98 Å². The highest BCUT2D eigenvalue weighted by atomic mass is 16.4. The van der Waals surface area contributed by atoms with E-state index < -0.39 is 5.97 Å². The zero-order valence-corrected chi connectivity index (χ0v) is 12.2. The molecule has 0 radical (unpaired) electrons. The first-order valence-electron chi connectivity index (χ1n) is 7.07. The number of imidazole rings is 1. The second-order valence-corrected chi connectivity index (χ2v) is 5.10. The quantitative estimate of drug-likeness (QED) is 0.735. The molecular formula is C18H14N2O3. The van der Waals surface area contributed by atoms with Crippen LogP contribution in [-0.2, 0) is 6.54 Å². The first kappa shape index (κ1) is 14.7. The van der Waals surface area contributed by atoms with E-state index in [-0.39, 0.29) is 5.56 Å². The topological polar surface area (TPSA) is 72.2 Å². The molecule has 3 aromatic rings. The molecule has 5 heteroatoms. The molecule has 0 bridgehead atoms. The van der Waals surface area contributed by atoms with Crippen molar-refractivity contribution in [2.24, 2.45) is 0 Å². The van der Waals surface area contributed by atoms with E-state index >= 15 is 0 Å². The predicted octanol–water partition coefficient (Wildman–Crippen LogP) is 3.11. The first-order chi connectivity index (χ1) is 11.2. The predicted molar refractivity (Wildman–Crippen MR) is 85.6 cm³/mol. The lowest BCUT2D eigenvalue weighted by Gasteiger charge is -2.08. The largest absolute Gasteiger partial charge is 0.478 e. The van der Waals surface area contributed by atoms with Gasteiger partial charge in [0.1, 0.15) is 11.5 Å². The summed E-state index contributed by atoms with van der Waals surface area (Å²) in [6.07, 6.45) is 2.41. The van der Waals surface area contributed by atoms with Crippen LogP contribution in [0.1, 0.15) is 26.4 Å². The van der Waals surface area contributed by atoms with Crippen molar-refractivity contribution in [2.75, 3.05) is 0 Å². The van der Waals surface area contributed by atoms with Gasteiger partial charge in [-0.15, -0.1) is 0 Å². The highest BCUT2D eigenvalue weighted by Crippen LogP contribution is 2.20. The highest BCUT2D eigenvalue weighted by molar-refractivity contribution is 5.87. The van der Waals surface area contributed by atoms with Crippen LogP contribution in [0.15, 0.2) is 60.8 Å². The molecule has 3 rings (SSSR count). The SMILES string of the molecule is O=Cc1cn(Cc2ccc(C(=O)O)cc2)c(-c2ccccc2)n1. The van der Waals surface area contributed by atoms with Crippen molar-refractivity contribution in [1.29, 1.82) is 0 Å². The number of aromatic nitrogens is 2. The number of aldehydes is 1. The average Bonchev–Trinajstić information content (AvgIpc) is 2.99. The van der Waals surface area contributed by atoms with Gasteiger partial charge in [-0.2, -0.15) is 0 Å². The Balaban J connectivity index is 1.94. The first-order valence-corrected chi connectivity index (χ1v) is 7.07. The smallest absolute Gasteiger partial charge is 0.335 e. The monoisotopic (exact) mass is 306 g/mol. The van der Waals surface area contributed by atoms with Gasteiger partial charge < -0.3 is 9.67 Å². The van der Waals surface area contributed by atoms with E-state index in [1.54, 1.807) is 30.5 Å². The molecule has 0 saturated carbocycles. The maximum absolute atomic E-state index is 11.0. The summed E-state index contributed by atoms with van der Waals surface area (Å²) in [6.45, 7) is 0.505. The fourth-order valence-corrected chi connectivity index (χ4v) is 2.38. The minimum absolute atomic E-state index is 0.247. The zero-order valence-electron chi connectivity index (χ0n) is 12.2. The Labute approximate surface area is 132 Å². The third kappa shape index (κ3) is 3.18. The summed E-state index contributed by atoms with van der Waals surface area (Å²) in [5, 5.41) is 8.94. The van der Waals surface area contributed by atoms with Crippen LogP contribution in [0.25, 0.3) is 11.4 Å². The molecule has 0 aliphatic carbocycles. The molecule has 0 aliphatic heterocycles. The van der Waals surface area contributed by atoms with Crippen LogP contribution in [0.2, 0.25) is 0 Å². The number of carboxylic acid groups (broad SMARTS) is 1. The van der Waals surface area contributed by atoms with Gasteiger partial charge in [0.05, 0.1) is 5.56 Å². The van der Waals surface area contributed by atoms with E-state index in [0.717, 1.165) is 17.4 Å². The maximum atomic E-state index is 11.0. The van der Waals surface area contributed by atoms with Gasteiger partial charge in [0.25, 0.3) is 0 Å². The number of hydrogen-bond donors (Lipinski definition) is 1. The van der Waals surface area contributed by atoms with Crippen LogP contribution in [-0.4, -0.2) is 26.9 Å².